The molecule has 0 radical (unpaired) electrons. The van der Waals surface area contributed by atoms with Crippen LogP contribution in [0.5, 0.6) is 5.75 Å². The maximum Gasteiger partial charge on any atom is 0.187 e. The lowest BCUT2D eigenvalue weighted by Gasteiger charge is -2.06. The first-order chi connectivity index (χ1) is 13.3. The van der Waals surface area contributed by atoms with Gasteiger partial charge in [0.2, 0.25) is 0 Å². The van der Waals surface area contributed by atoms with Crippen molar-refractivity contribution < 1.29 is 9.47 Å². The van der Waals surface area contributed by atoms with Crippen molar-refractivity contribution in [3.8, 4) is 5.75 Å². The second-order valence-electron chi connectivity index (χ2n) is 7.08. The van der Waals surface area contributed by atoms with Gasteiger partial charge in [-0.2, -0.15) is 4.73 Å². The van der Waals surface area contributed by atoms with E-state index in [1.165, 1.54) is 57.6 Å². The molecule has 0 fully saturated rings. The van der Waals surface area contributed by atoms with Crippen LogP contribution in [0.25, 0.3) is 12.2 Å². The van der Waals surface area contributed by atoms with E-state index in [1.807, 2.05) is 42.5 Å². The Labute approximate surface area is 164 Å². The van der Waals surface area contributed by atoms with E-state index >= 15 is 0 Å². The summed E-state index contributed by atoms with van der Waals surface area (Å²) < 4.78 is 6.64. The largest absolute Gasteiger partial charge is 0.619 e. The molecule has 2 aromatic rings. The van der Waals surface area contributed by atoms with E-state index in [0.29, 0.717) is 0 Å². The highest BCUT2D eigenvalue weighted by Crippen LogP contribution is 2.15. The molecule has 0 aliphatic rings. The minimum atomic E-state index is 0.790. The molecule has 2 rings (SSSR count). The molecule has 146 valence electrons. The molecule has 27 heavy (non-hydrogen) atoms. The Morgan fingerprint density at radius 2 is 1.44 bits per heavy atom. The molecule has 0 saturated carbocycles. The molecule has 0 saturated heterocycles. The number of rotatable bonds is 13. The maximum absolute atomic E-state index is 11.2. The van der Waals surface area contributed by atoms with E-state index in [2.05, 4.69) is 6.92 Å². The normalized spacial score (nSPS) is 11.1. The van der Waals surface area contributed by atoms with E-state index in [1.54, 1.807) is 12.3 Å². The molecule has 0 aliphatic heterocycles. The fraction of sp³-hybridized carbons (Fsp3) is 0.458. The van der Waals surface area contributed by atoms with E-state index in [4.69, 9.17) is 4.74 Å². The van der Waals surface area contributed by atoms with Crippen LogP contribution in [0.15, 0.2) is 48.8 Å². The summed E-state index contributed by atoms with van der Waals surface area (Å²) in [7, 11) is 0. The van der Waals surface area contributed by atoms with Gasteiger partial charge in [0.1, 0.15) is 5.75 Å². The molecule has 0 aliphatic carbocycles. The van der Waals surface area contributed by atoms with Crippen LogP contribution in [0.4, 0.5) is 0 Å². The number of hydrogen-bond donors (Lipinski definition) is 0. The predicted molar refractivity (Wildman–Crippen MR) is 113 cm³/mol. The number of pyridine rings is 1. The summed E-state index contributed by atoms with van der Waals surface area (Å²) in [6.07, 6.45) is 18.9. The van der Waals surface area contributed by atoms with Crippen molar-refractivity contribution in [2.75, 3.05) is 6.61 Å². The van der Waals surface area contributed by atoms with Gasteiger partial charge < -0.3 is 9.94 Å². The Hall–Kier alpha value is -2.29. The highest BCUT2D eigenvalue weighted by atomic mass is 16.5. The minimum absolute atomic E-state index is 0.790. The number of benzene rings is 1. The number of nitrogens with zero attached hydrogens (tertiary/aromatic N) is 1. The Kier molecular flexibility index (Phi) is 10.1. The van der Waals surface area contributed by atoms with Gasteiger partial charge in [0.05, 0.1) is 6.61 Å². The third-order valence-electron chi connectivity index (χ3n) is 4.66. The van der Waals surface area contributed by atoms with Gasteiger partial charge in [0, 0.05) is 11.6 Å². The SMILES string of the molecule is CCCCCCCCCCCOc1ccc(/C=C/c2ccc[n+]([O-])c2)cc1. The highest BCUT2D eigenvalue weighted by molar-refractivity contribution is 5.69. The smallest absolute Gasteiger partial charge is 0.187 e. The quantitative estimate of drug-likeness (QED) is 0.233. The Morgan fingerprint density at radius 1 is 0.815 bits per heavy atom. The molecular weight excluding hydrogens is 334 g/mol. The molecule has 0 atom stereocenters. The van der Waals surface area contributed by atoms with Crippen LogP contribution in [-0.2, 0) is 0 Å². The fourth-order valence-corrected chi connectivity index (χ4v) is 3.04. The van der Waals surface area contributed by atoms with Crippen LogP contribution in [0.3, 0.4) is 0 Å². The molecule has 0 unspecified atom stereocenters. The number of hydrogen-bond acceptors (Lipinski definition) is 2. The van der Waals surface area contributed by atoms with Crippen molar-refractivity contribution in [1.82, 2.24) is 0 Å². The molecule has 3 heteroatoms. The van der Waals surface area contributed by atoms with Crippen molar-refractivity contribution >= 4 is 12.2 Å². The first-order valence-electron chi connectivity index (χ1n) is 10.4. The number of unbranched alkanes of at least 4 members (excludes halogenated alkanes) is 8. The summed E-state index contributed by atoms with van der Waals surface area (Å²) in [5, 5.41) is 11.2. The van der Waals surface area contributed by atoms with Crippen LogP contribution >= 0.6 is 0 Å². The summed E-state index contributed by atoms with van der Waals surface area (Å²) in [4.78, 5) is 0. The first-order valence-corrected chi connectivity index (χ1v) is 10.4. The van der Waals surface area contributed by atoms with Crippen molar-refractivity contribution in [3.63, 3.8) is 0 Å². The van der Waals surface area contributed by atoms with E-state index in [0.717, 1.165) is 34.6 Å². The second-order valence-corrected chi connectivity index (χ2v) is 7.08. The monoisotopic (exact) mass is 367 g/mol. The van der Waals surface area contributed by atoms with Crippen LogP contribution in [0, 0.1) is 5.21 Å². The van der Waals surface area contributed by atoms with Gasteiger partial charge >= 0.3 is 0 Å². The van der Waals surface area contributed by atoms with Crippen LogP contribution in [-0.4, -0.2) is 6.61 Å². The third-order valence-corrected chi connectivity index (χ3v) is 4.66. The zero-order valence-corrected chi connectivity index (χ0v) is 16.6. The van der Waals surface area contributed by atoms with Crippen LogP contribution in [0.2, 0.25) is 0 Å². The van der Waals surface area contributed by atoms with Crippen molar-refractivity contribution in [2.45, 2.75) is 64.7 Å². The molecule has 0 amide bonds. The zero-order valence-electron chi connectivity index (χ0n) is 16.6. The first kappa shape index (κ1) is 21.0. The Morgan fingerprint density at radius 3 is 2.11 bits per heavy atom. The summed E-state index contributed by atoms with van der Waals surface area (Å²) in [6, 6.07) is 11.7. The van der Waals surface area contributed by atoms with Gasteiger partial charge in [-0.05, 0) is 36.3 Å². The van der Waals surface area contributed by atoms with Gasteiger partial charge in [-0.25, -0.2) is 0 Å². The predicted octanol–water partition coefficient (Wildman–Crippen LogP) is 6.40. The average molecular weight is 368 g/mol. The van der Waals surface area contributed by atoms with Gasteiger partial charge in [0.15, 0.2) is 12.4 Å². The van der Waals surface area contributed by atoms with Crippen LogP contribution < -0.4 is 9.47 Å². The molecule has 0 N–H and O–H groups in total. The molecular formula is C24H33NO2. The van der Waals surface area contributed by atoms with Gasteiger partial charge in [-0.15, -0.1) is 0 Å². The van der Waals surface area contributed by atoms with Crippen molar-refractivity contribution in [1.29, 1.82) is 0 Å². The van der Waals surface area contributed by atoms with E-state index in [9.17, 15) is 5.21 Å². The summed E-state index contributed by atoms with van der Waals surface area (Å²) >= 11 is 0. The maximum atomic E-state index is 11.2. The Balaban J connectivity index is 1.59. The molecule has 1 aromatic carbocycles. The van der Waals surface area contributed by atoms with E-state index < -0.39 is 0 Å². The molecule has 1 heterocycles. The highest BCUT2D eigenvalue weighted by Gasteiger charge is 1.96. The standard InChI is InChI=1S/C24H33NO2/c1-2-3-4-5-6-7-8-9-10-20-27-24-17-15-22(16-18-24)13-14-23-12-11-19-25(26)21-23/h11-19,21H,2-10,20H2,1H3/b14-13+. The summed E-state index contributed by atoms with van der Waals surface area (Å²) in [5.74, 6) is 0.920. The van der Waals surface area contributed by atoms with Crippen molar-refractivity contribution in [3.05, 3.63) is 65.1 Å². The van der Waals surface area contributed by atoms with Gasteiger partial charge in [-0.1, -0.05) is 76.5 Å². The number of aromatic nitrogens is 1. The second kappa shape index (κ2) is 13.0. The summed E-state index contributed by atoms with van der Waals surface area (Å²) in [6.45, 7) is 3.05. The summed E-state index contributed by atoms with van der Waals surface area (Å²) in [5.41, 5.74) is 1.98. The minimum Gasteiger partial charge on any atom is -0.619 e. The zero-order chi connectivity index (χ0) is 19.2. The van der Waals surface area contributed by atoms with Crippen molar-refractivity contribution in [2.24, 2.45) is 0 Å². The van der Waals surface area contributed by atoms with E-state index in [-0.39, 0.29) is 0 Å². The molecule has 3 nitrogen and oxygen atoms in total. The topological polar surface area (TPSA) is 36.2 Å². The fourth-order valence-electron chi connectivity index (χ4n) is 3.04. The van der Waals surface area contributed by atoms with Gasteiger partial charge in [-0.3, -0.25) is 0 Å². The lowest BCUT2D eigenvalue weighted by atomic mass is 10.1. The van der Waals surface area contributed by atoms with Gasteiger partial charge in [0.25, 0.3) is 0 Å². The number of ether oxygens (including phenoxy) is 1. The average Bonchev–Trinajstić information content (AvgIpc) is 2.69. The lowest BCUT2D eigenvalue weighted by molar-refractivity contribution is -0.605. The molecule has 1 aromatic heterocycles. The lowest BCUT2D eigenvalue weighted by Crippen LogP contribution is -2.24. The molecule has 0 spiro atoms. The Bertz CT molecular complexity index is 664. The molecule has 0 bridgehead atoms. The third kappa shape index (κ3) is 9.28. The van der Waals surface area contributed by atoms with Crippen LogP contribution in [0.1, 0.15) is 75.8 Å².